The quantitative estimate of drug-likeness (QED) is 0.905. The minimum Gasteiger partial charge on any atom is -0.372 e. The number of pyridine rings is 1. The number of morpholine rings is 1. The molecule has 2 aliphatic rings. The normalized spacial score (nSPS) is 26.9. The maximum Gasteiger partial charge on any atom is 0.272 e. The van der Waals surface area contributed by atoms with Crippen molar-refractivity contribution in [1.29, 1.82) is 0 Å². The Balaban J connectivity index is 1.74. The lowest BCUT2D eigenvalue weighted by Gasteiger charge is -2.35. The molecular weight excluding hydrogens is 278 g/mol. The summed E-state index contributed by atoms with van der Waals surface area (Å²) in [7, 11) is 0. The van der Waals surface area contributed by atoms with Crippen LogP contribution in [0, 0.1) is 0 Å². The van der Waals surface area contributed by atoms with Gasteiger partial charge in [0.05, 0.1) is 12.2 Å². The molecule has 0 radical (unpaired) electrons. The summed E-state index contributed by atoms with van der Waals surface area (Å²) in [6.45, 7) is 7.40. The van der Waals surface area contributed by atoms with Gasteiger partial charge in [0.15, 0.2) is 0 Å². The topological polar surface area (TPSA) is 54.5 Å². The summed E-state index contributed by atoms with van der Waals surface area (Å²) in [6, 6.07) is 4.04. The van der Waals surface area contributed by atoms with E-state index < -0.39 is 0 Å². The van der Waals surface area contributed by atoms with Crippen LogP contribution < -0.4 is 5.32 Å². The van der Waals surface area contributed by atoms with E-state index in [1.807, 2.05) is 24.8 Å². The molecule has 1 N–H and O–H groups in total. The van der Waals surface area contributed by atoms with Crippen LogP contribution in [0.3, 0.4) is 0 Å². The van der Waals surface area contributed by atoms with E-state index in [0.29, 0.717) is 24.7 Å². The highest BCUT2D eigenvalue weighted by atomic mass is 16.5. The molecule has 0 spiro atoms. The molecule has 3 heterocycles. The second-order valence-corrected chi connectivity index (χ2v) is 6.47. The van der Waals surface area contributed by atoms with Gasteiger partial charge in [0.2, 0.25) is 0 Å². The van der Waals surface area contributed by atoms with E-state index in [4.69, 9.17) is 4.74 Å². The average Bonchev–Trinajstić information content (AvgIpc) is 2.54. The summed E-state index contributed by atoms with van der Waals surface area (Å²) in [5.41, 5.74) is 1.81. The van der Waals surface area contributed by atoms with Crippen molar-refractivity contribution in [3.05, 3.63) is 29.6 Å². The van der Waals surface area contributed by atoms with E-state index in [0.717, 1.165) is 25.9 Å². The number of carbonyl (C=O) groups is 1. The van der Waals surface area contributed by atoms with E-state index in [1.54, 1.807) is 6.20 Å². The van der Waals surface area contributed by atoms with Crippen LogP contribution >= 0.6 is 0 Å². The van der Waals surface area contributed by atoms with Gasteiger partial charge in [-0.25, -0.2) is 0 Å². The van der Waals surface area contributed by atoms with E-state index in [1.165, 1.54) is 5.56 Å². The first-order valence-corrected chi connectivity index (χ1v) is 8.25. The second-order valence-electron chi connectivity index (χ2n) is 6.47. The van der Waals surface area contributed by atoms with Gasteiger partial charge in [0.25, 0.3) is 5.91 Å². The lowest BCUT2D eigenvalue weighted by molar-refractivity contribution is -0.0587. The lowest BCUT2D eigenvalue weighted by atomic mass is 9.90. The van der Waals surface area contributed by atoms with Gasteiger partial charge in [0.1, 0.15) is 5.69 Å². The van der Waals surface area contributed by atoms with Crippen LogP contribution in [0.4, 0.5) is 0 Å². The largest absolute Gasteiger partial charge is 0.372 e. The lowest BCUT2D eigenvalue weighted by Crippen LogP contribution is -2.48. The number of ether oxygens (including phenoxy) is 1. The standard InChI is InChI=1S/C17H25N3O2/c1-12-10-20(11-13(2)22-12)17(21)16-9-15(5-8-19-16)14-3-6-18-7-4-14/h5,8-9,12-14,18H,3-4,6-7,10-11H2,1-2H3. The van der Waals surface area contributed by atoms with Gasteiger partial charge in [-0.15, -0.1) is 0 Å². The highest BCUT2D eigenvalue weighted by Crippen LogP contribution is 2.25. The zero-order chi connectivity index (χ0) is 15.5. The van der Waals surface area contributed by atoms with Crippen molar-refractivity contribution in [2.45, 2.75) is 44.8 Å². The van der Waals surface area contributed by atoms with Crippen molar-refractivity contribution in [1.82, 2.24) is 15.2 Å². The molecule has 5 nitrogen and oxygen atoms in total. The molecule has 0 saturated carbocycles. The summed E-state index contributed by atoms with van der Waals surface area (Å²) < 4.78 is 5.70. The number of carbonyl (C=O) groups excluding carboxylic acids is 1. The third kappa shape index (κ3) is 3.47. The second kappa shape index (κ2) is 6.75. The van der Waals surface area contributed by atoms with Crippen molar-refractivity contribution in [2.24, 2.45) is 0 Å². The number of hydrogen-bond donors (Lipinski definition) is 1. The van der Waals surface area contributed by atoms with Crippen LogP contribution in [-0.4, -0.2) is 54.2 Å². The zero-order valence-electron chi connectivity index (χ0n) is 13.4. The SMILES string of the molecule is CC1CN(C(=O)c2cc(C3CCNCC3)ccn2)CC(C)O1. The number of nitrogens with zero attached hydrogens (tertiary/aromatic N) is 2. The molecule has 2 fully saturated rings. The third-order valence-corrected chi connectivity index (χ3v) is 4.52. The zero-order valence-corrected chi connectivity index (χ0v) is 13.4. The van der Waals surface area contributed by atoms with Gasteiger partial charge in [0, 0.05) is 19.3 Å². The summed E-state index contributed by atoms with van der Waals surface area (Å²) >= 11 is 0. The number of hydrogen-bond acceptors (Lipinski definition) is 4. The van der Waals surface area contributed by atoms with Gasteiger partial charge in [-0.1, -0.05) is 0 Å². The summed E-state index contributed by atoms with van der Waals surface area (Å²) in [4.78, 5) is 18.9. The number of nitrogens with one attached hydrogen (secondary N) is 1. The Kier molecular flexibility index (Phi) is 4.74. The number of amides is 1. The Bertz CT molecular complexity index is 518. The van der Waals surface area contributed by atoms with E-state index in [-0.39, 0.29) is 18.1 Å². The van der Waals surface area contributed by atoms with E-state index >= 15 is 0 Å². The Labute approximate surface area is 132 Å². The molecule has 5 heteroatoms. The number of aromatic nitrogens is 1. The molecule has 3 rings (SSSR count). The monoisotopic (exact) mass is 303 g/mol. The molecule has 2 saturated heterocycles. The molecule has 22 heavy (non-hydrogen) atoms. The molecule has 0 bridgehead atoms. The van der Waals surface area contributed by atoms with Crippen LogP contribution in [0.25, 0.3) is 0 Å². The van der Waals surface area contributed by atoms with Gasteiger partial charge in [-0.3, -0.25) is 9.78 Å². The minimum atomic E-state index is 0.0257. The van der Waals surface area contributed by atoms with Gasteiger partial charge in [-0.05, 0) is 63.4 Å². The van der Waals surface area contributed by atoms with E-state index in [2.05, 4.69) is 16.4 Å². The molecule has 120 valence electrons. The molecule has 2 aliphatic heterocycles. The Hall–Kier alpha value is -1.46. The Morgan fingerprint density at radius 3 is 2.64 bits per heavy atom. The van der Waals surface area contributed by atoms with Gasteiger partial charge < -0.3 is 15.0 Å². The van der Waals surface area contributed by atoms with Crippen molar-refractivity contribution in [3.8, 4) is 0 Å². The molecular formula is C17H25N3O2. The van der Waals surface area contributed by atoms with Crippen LogP contribution in [0.1, 0.15) is 48.7 Å². The van der Waals surface area contributed by atoms with Gasteiger partial charge >= 0.3 is 0 Å². The molecule has 2 unspecified atom stereocenters. The van der Waals surface area contributed by atoms with Crippen molar-refractivity contribution in [3.63, 3.8) is 0 Å². The predicted molar refractivity (Wildman–Crippen MR) is 85.0 cm³/mol. The van der Waals surface area contributed by atoms with Crippen LogP contribution in [0.15, 0.2) is 18.3 Å². The Morgan fingerprint density at radius 1 is 1.27 bits per heavy atom. The molecule has 2 atom stereocenters. The maximum atomic E-state index is 12.7. The third-order valence-electron chi connectivity index (χ3n) is 4.52. The number of rotatable bonds is 2. The summed E-state index contributed by atoms with van der Waals surface area (Å²) in [6.07, 6.45) is 4.20. The van der Waals surface area contributed by atoms with Crippen LogP contribution in [-0.2, 0) is 4.74 Å². The molecule has 1 amide bonds. The highest BCUT2D eigenvalue weighted by molar-refractivity contribution is 5.92. The van der Waals surface area contributed by atoms with Gasteiger partial charge in [-0.2, -0.15) is 0 Å². The van der Waals surface area contributed by atoms with Crippen molar-refractivity contribution >= 4 is 5.91 Å². The minimum absolute atomic E-state index is 0.0257. The van der Waals surface area contributed by atoms with Crippen molar-refractivity contribution < 1.29 is 9.53 Å². The van der Waals surface area contributed by atoms with Crippen molar-refractivity contribution in [2.75, 3.05) is 26.2 Å². The average molecular weight is 303 g/mol. The first-order valence-electron chi connectivity index (χ1n) is 8.25. The fraction of sp³-hybridized carbons (Fsp3) is 0.647. The molecule has 0 aromatic carbocycles. The predicted octanol–water partition coefficient (Wildman–Crippen LogP) is 1.80. The summed E-state index contributed by atoms with van der Waals surface area (Å²) in [5, 5.41) is 3.38. The fourth-order valence-corrected chi connectivity index (χ4v) is 3.48. The first kappa shape index (κ1) is 15.4. The fourth-order valence-electron chi connectivity index (χ4n) is 3.48. The van der Waals surface area contributed by atoms with E-state index in [9.17, 15) is 4.79 Å². The first-order chi connectivity index (χ1) is 10.6. The van der Waals surface area contributed by atoms with Crippen LogP contribution in [0.5, 0.6) is 0 Å². The van der Waals surface area contributed by atoms with Crippen LogP contribution in [0.2, 0.25) is 0 Å². The number of piperidine rings is 1. The molecule has 1 aromatic heterocycles. The highest BCUT2D eigenvalue weighted by Gasteiger charge is 2.27. The smallest absolute Gasteiger partial charge is 0.272 e. The molecule has 0 aliphatic carbocycles. The summed E-state index contributed by atoms with van der Waals surface area (Å²) in [5.74, 6) is 0.566. The Morgan fingerprint density at radius 2 is 1.95 bits per heavy atom. The maximum absolute atomic E-state index is 12.7. The molecule has 1 aromatic rings.